The molecule has 0 aliphatic carbocycles. The van der Waals surface area contributed by atoms with Gasteiger partial charge in [0.25, 0.3) is 0 Å². The molecule has 2 heterocycles. The summed E-state index contributed by atoms with van der Waals surface area (Å²) < 4.78 is 5.03. The maximum absolute atomic E-state index is 12.3. The number of hydrogen-bond donors (Lipinski definition) is 1. The molecule has 1 aliphatic heterocycles. The average molecular weight is 285 g/mol. The largest absolute Gasteiger partial charge is 0.338 e. The summed E-state index contributed by atoms with van der Waals surface area (Å²) in [5, 5.41) is 6.54. The smallest absolute Gasteiger partial charge is 0.243 e. The molecule has 1 amide bonds. The van der Waals surface area contributed by atoms with Crippen LogP contribution in [0.3, 0.4) is 0 Å². The molecule has 1 N–H and O–H groups in total. The molecule has 0 saturated carbocycles. The molecule has 1 aromatic heterocycles. The number of fused-ring (bicyclic) bond motifs is 1. The van der Waals surface area contributed by atoms with Gasteiger partial charge in [-0.3, -0.25) is 15.0 Å². The van der Waals surface area contributed by atoms with E-state index in [4.69, 9.17) is 4.52 Å². The molecular weight excluding hydrogens is 266 g/mol. The van der Waals surface area contributed by atoms with E-state index in [0.717, 1.165) is 25.2 Å². The Morgan fingerprint density at radius 2 is 2.14 bits per heavy atom. The summed E-state index contributed by atoms with van der Waals surface area (Å²) in [5.74, 6) is 0.340. The maximum Gasteiger partial charge on any atom is 0.243 e. The van der Waals surface area contributed by atoms with Gasteiger partial charge in [0.15, 0.2) is 0 Å². The molecule has 0 fully saturated rings. The number of nitrogens with zero attached hydrogens (tertiary/aromatic N) is 2. The highest BCUT2D eigenvalue weighted by atomic mass is 16.5. The van der Waals surface area contributed by atoms with E-state index >= 15 is 0 Å². The zero-order valence-electron chi connectivity index (χ0n) is 12.3. The summed E-state index contributed by atoms with van der Waals surface area (Å²) >= 11 is 0. The highest BCUT2D eigenvalue weighted by molar-refractivity contribution is 5.93. The lowest BCUT2D eigenvalue weighted by Crippen LogP contribution is -2.44. The van der Waals surface area contributed by atoms with Gasteiger partial charge in [0.2, 0.25) is 11.8 Å². The quantitative estimate of drug-likeness (QED) is 0.940. The van der Waals surface area contributed by atoms with Gasteiger partial charge in [-0.2, -0.15) is 0 Å². The Labute approximate surface area is 123 Å². The first-order valence-electron chi connectivity index (χ1n) is 7.18. The van der Waals surface area contributed by atoms with Crippen molar-refractivity contribution in [3.8, 4) is 0 Å². The molecule has 0 bridgehead atoms. The van der Waals surface area contributed by atoms with Crippen molar-refractivity contribution < 1.29 is 9.32 Å². The Kier molecular flexibility index (Phi) is 3.75. The number of carbonyl (C=O) groups excluding carboxylic acids is 1. The number of aromatic nitrogens is 1. The minimum atomic E-state index is -0.205. The molecule has 0 radical (unpaired) electrons. The van der Waals surface area contributed by atoms with Crippen molar-refractivity contribution in [2.75, 3.05) is 11.9 Å². The predicted molar refractivity (Wildman–Crippen MR) is 79.9 cm³/mol. The van der Waals surface area contributed by atoms with Crippen LogP contribution in [0.5, 0.6) is 0 Å². The lowest BCUT2D eigenvalue weighted by Gasteiger charge is -2.32. The summed E-state index contributed by atoms with van der Waals surface area (Å²) in [4.78, 5) is 14.5. The van der Waals surface area contributed by atoms with Crippen LogP contribution in [-0.2, 0) is 17.8 Å². The fraction of sp³-hybridized carbons (Fsp3) is 0.375. The monoisotopic (exact) mass is 285 g/mol. The van der Waals surface area contributed by atoms with Crippen LogP contribution in [0.4, 0.5) is 5.88 Å². The molecule has 0 unspecified atom stereocenters. The summed E-state index contributed by atoms with van der Waals surface area (Å²) in [6, 6.07) is 9.92. The number of benzene rings is 1. The Morgan fingerprint density at radius 3 is 2.86 bits per heavy atom. The fourth-order valence-corrected chi connectivity index (χ4v) is 2.66. The first kappa shape index (κ1) is 13.8. The van der Waals surface area contributed by atoms with Gasteiger partial charge < -0.3 is 4.52 Å². The Morgan fingerprint density at radius 1 is 1.38 bits per heavy atom. The van der Waals surface area contributed by atoms with Gasteiger partial charge in [-0.15, -0.1) is 0 Å². The van der Waals surface area contributed by atoms with Crippen molar-refractivity contribution in [1.82, 2.24) is 10.1 Å². The molecule has 1 aromatic carbocycles. The second-order valence-corrected chi connectivity index (χ2v) is 5.49. The number of rotatable bonds is 3. The first-order chi connectivity index (χ1) is 10.1. The van der Waals surface area contributed by atoms with E-state index in [2.05, 4.69) is 33.6 Å². The van der Waals surface area contributed by atoms with Crippen LogP contribution in [0.1, 0.15) is 23.7 Å². The number of anilines is 1. The van der Waals surface area contributed by atoms with Crippen LogP contribution >= 0.6 is 0 Å². The van der Waals surface area contributed by atoms with Crippen molar-refractivity contribution in [2.24, 2.45) is 0 Å². The molecule has 21 heavy (non-hydrogen) atoms. The minimum Gasteiger partial charge on any atom is -0.338 e. The third-order valence-electron chi connectivity index (χ3n) is 3.96. The van der Waals surface area contributed by atoms with E-state index in [1.807, 2.05) is 19.9 Å². The number of hydrogen-bond acceptors (Lipinski definition) is 4. The van der Waals surface area contributed by atoms with Gasteiger partial charge in [-0.25, -0.2) is 0 Å². The Bertz CT molecular complexity index is 650. The van der Waals surface area contributed by atoms with Gasteiger partial charge in [0.05, 0.1) is 11.7 Å². The molecule has 0 spiro atoms. The number of amides is 1. The summed E-state index contributed by atoms with van der Waals surface area (Å²) in [5.41, 5.74) is 3.44. The lowest BCUT2D eigenvalue weighted by atomic mass is 9.99. The number of aryl methyl sites for hydroxylation is 1. The first-order valence-corrected chi connectivity index (χ1v) is 7.18. The fourth-order valence-electron chi connectivity index (χ4n) is 2.66. The van der Waals surface area contributed by atoms with E-state index in [1.54, 1.807) is 6.07 Å². The molecule has 1 atom stereocenters. The van der Waals surface area contributed by atoms with Crippen molar-refractivity contribution in [1.29, 1.82) is 0 Å². The number of carbonyl (C=O) groups is 1. The summed E-state index contributed by atoms with van der Waals surface area (Å²) in [6.07, 6.45) is 0.981. The predicted octanol–water partition coefficient (Wildman–Crippen LogP) is 2.37. The third-order valence-corrected chi connectivity index (χ3v) is 3.96. The average Bonchev–Trinajstić information content (AvgIpc) is 2.91. The van der Waals surface area contributed by atoms with Gasteiger partial charge >= 0.3 is 0 Å². The maximum atomic E-state index is 12.3. The minimum absolute atomic E-state index is 0.0643. The highest BCUT2D eigenvalue weighted by Gasteiger charge is 2.25. The zero-order valence-corrected chi connectivity index (χ0v) is 12.3. The topological polar surface area (TPSA) is 58.4 Å². The third kappa shape index (κ3) is 2.97. The molecule has 3 rings (SSSR count). The van der Waals surface area contributed by atoms with Crippen molar-refractivity contribution in [2.45, 2.75) is 32.9 Å². The van der Waals surface area contributed by atoms with E-state index in [1.165, 1.54) is 11.1 Å². The van der Waals surface area contributed by atoms with Crippen molar-refractivity contribution in [3.63, 3.8) is 0 Å². The summed E-state index contributed by atoms with van der Waals surface area (Å²) in [7, 11) is 0. The molecule has 2 aromatic rings. The van der Waals surface area contributed by atoms with Gasteiger partial charge in [0.1, 0.15) is 0 Å². The molecule has 1 aliphatic rings. The number of nitrogens with one attached hydrogen (secondary N) is 1. The van der Waals surface area contributed by atoms with Crippen LogP contribution in [-0.4, -0.2) is 28.6 Å². The zero-order chi connectivity index (χ0) is 14.8. The van der Waals surface area contributed by atoms with Crippen LogP contribution in [0, 0.1) is 6.92 Å². The van der Waals surface area contributed by atoms with E-state index in [-0.39, 0.29) is 11.9 Å². The molecule has 0 saturated heterocycles. The van der Waals surface area contributed by atoms with Gasteiger partial charge in [-0.1, -0.05) is 29.4 Å². The lowest BCUT2D eigenvalue weighted by molar-refractivity contribution is -0.121. The normalized spacial score (nSPS) is 16.3. The second kappa shape index (κ2) is 5.69. The van der Waals surface area contributed by atoms with E-state index < -0.39 is 0 Å². The van der Waals surface area contributed by atoms with Crippen LogP contribution in [0.15, 0.2) is 34.9 Å². The van der Waals surface area contributed by atoms with Gasteiger partial charge in [0, 0.05) is 19.2 Å². The van der Waals surface area contributed by atoms with Crippen molar-refractivity contribution in [3.05, 3.63) is 47.2 Å². The Balaban J connectivity index is 1.66. The summed E-state index contributed by atoms with van der Waals surface area (Å²) in [6.45, 7) is 5.44. The molecular formula is C16H19N3O2. The van der Waals surface area contributed by atoms with Crippen LogP contribution in [0.2, 0.25) is 0 Å². The van der Waals surface area contributed by atoms with Gasteiger partial charge in [-0.05, 0) is 31.4 Å². The van der Waals surface area contributed by atoms with Crippen molar-refractivity contribution >= 4 is 11.8 Å². The standard InChI is InChI=1S/C16H19N3O2/c1-11-9-15(21-18-11)17-16(20)12(2)19-8-7-13-5-3-4-6-14(13)10-19/h3-6,9,12H,7-8,10H2,1-2H3,(H,17,20)/t12-/m0/s1. The highest BCUT2D eigenvalue weighted by Crippen LogP contribution is 2.21. The second-order valence-electron chi connectivity index (χ2n) is 5.49. The Hall–Kier alpha value is -2.14. The molecule has 5 nitrogen and oxygen atoms in total. The van der Waals surface area contributed by atoms with Crippen LogP contribution in [0.25, 0.3) is 0 Å². The van der Waals surface area contributed by atoms with Crippen LogP contribution < -0.4 is 5.32 Å². The SMILES string of the molecule is Cc1cc(NC(=O)[C@H](C)N2CCc3ccccc3C2)on1. The van der Waals surface area contributed by atoms with E-state index in [0.29, 0.717) is 5.88 Å². The molecule has 5 heteroatoms. The molecule has 110 valence electrons. The van der Waals surface area contributed by atoms with E-state index in [9.17, 15) is 4.79 Å².